The largest absolute Gasteiger partial charge is 0.323 e. The molecule has 0 radical (unpaired) electrons. The van der Waals surface area contributed by atoms with Crippen LogP contribution in [0.1, 0.15) is 44.0 Å². The molecule has 0 fully saturated rings. The highest BCUT2D eigenvalue weighted by atomic mass is 15.1. The molecule has 3 heteroatoms. The second-order valence-corrected chi connectivity index (χ2v) is 4.75. The number of hydrogen-bond acceptors (Lipinski definition) is 2. The third-order valence-corrected chi connectivity index (χ3v) is 3.17. The first-order chi connectivity index (χ1) is 8.72. The van der Waals surface area contributed by atoms with Gasteiger partial charge in [-0.15, -0.1) is 0 Å². The smallest absolute Gasteiger partial charge is 0.0994 e. The molecule has 3 nitrogen and oxygen atoms in total. The van der Waals surface area contributed by atoms with E-state index in [2.05, 4.69) is 36.2 Å². The summed E-state index contributed by atoms with van der Waals surface area (Å²) >= 11 is 0. The molecule has 18 heavy (non-hydrogen) atoms. The summed E-state index contributed by atoms with van der Waals surface area (Å²) in [4.78, 5) is 4.17. The van der Waals surface area contributed by atoms with Crippen molar-refractivity contribution in [3.05, 3.63) is 48.0 Å². The van der Waals surface area contributed by atoms with Gasteiger partial charge in [-0.25, -0.2) is 4.98 Å². The van der Waals surface area contributed by atoms with Gasteiger partial charge in [0.2, 0.25) is 0 Å². The minimum atomic E-state index is -0.00716. The number of aryl methyl sites for hydroxylation is 1. The van der Waals surface area contributed by atoms with Crippen molar-refractivity contribution in [3.63, 3.8) is 0 Å². The maximum atomic E-state index is 5.93. The maximum Gasteiger partial charge on any atom is 0.0994 e. The van der Waals surface area contributed by atoms with Gasteiger partial charge in [-0.05, 0) is 37.5 Å². The fourth-order valence-corrected chi connectivity index (χ4v) is 2.06. The number of hydrogen-bond donors (Lipinski definition) is 1. The lowest BCUT2D eigenvalue weighted by Gasteiger charge is -2.11. The molecule has 0 aliphatic heterocycles. The Morgan fingerprint density at radius 2 is 2.00 bits per heavy atom. The molecule has 0 aliphatic rings. The minimum absolute atomic E-state index is 0.00716. The summed E-state index contributed by atoms with van der Waals surface area (Å²) in [5.74, 6) is 0. The van der Waals surface area contributed by atoms with Gasteiger partial charge in [0, 0.05) is 11.7 Å². The van der Waals surface area contributed by atoms with Crippen LogP contribution in [-0.2, 0) is 6.42 Å². The van der Waals surface area contributed by atoms with Crippen LogP contribution in [0.3, 0.4) is 0 Å². The number of unbranched alkanes of at least 4 members (excludes halogenated alkanes) is 1. The Morgan fingerprint density at radius 3 is 2.61 bits per heavy atom. The zero-order valence-electron chi connectivity index (χ0n) is 11.1. The van der Waals surface area contributed by atoms with Gasteiger partial charge in [-0.2, -0.15) is 0 Å². The van der Waals surface area contributed by atoms with Gasteiger partial charge in [0.25, 0.3) is 0 Å². The van der Waals surface area contributed by atoms with Gasteiger partial charge in [-0.1, -0.05) is 25.5 Å². The average Bonchev–Trinajstić information content (AvgIpc) is 2.86. The van der Waals surface area contributed by atoms with Crippen molar-refractivity contribution in [3.8, 4) is 5.69 Å². The van der Waals surface area contributed by atoms with Gasteiger partial charge >= 0.3 is 0 Å². The average molecular weight is 243 g/mol. The number of nitrogens with zero attached hydrogens (tertiary/aromatic N) is 2. The molecule has 1 atom stereocenters. The van der Waals surface area contributed by atoms with Crippen molar-refractivity contribution < 1.29 is 0 Å². The van der Waals surface area contributed by atoms with Crippen LogP contribution in [0.2, 0.25) is 0 Å². The predicted molar refractivity (Wildman–Crippen MR) is 74.8 cm³/mol. The summed E-state index contributed by atoms with van der Waals surface area (Å²) in [5, 5.41) is 0. The van der Waals surface area contributed by atoms with E-state index in [-0.39, 0.29) is 6.04 Å². The second kappa shape index (κ2) is 5.83. The topological polar surface area (TPSA) is 43.8 Å². The first-order valence-electron chi connectivity index (χ1n) is 6.59. The fourth-order valence-electron chi connectivity index (χ4n) is 2.06. The van der Waals surface area contributed by atoms with Crippen LogP contribution in [0, 0.1) is 0 Å². The summed E-state index contributed by atoms with van der Waals surface area (Å²) in [6, 6.07) is 8.65. The molecule has 96 valence electrons. The van der Waals surface area contributed by atoms with Crippen molar-refractivity contribution in [2.45, 2.75) is 39.2 Å². The first kappa shape index (κ1) is 12.8. The lowest BCUT2D eigenvalue weighted by Crippen LogP contribution is -2.10. The van der Waals surface area contributed by atoms with E-state index in [4.69, 9.17) is 5.73 Å². The van der Waals surface area contributed by atoms with Gasteiger partial charge in [-0.3, -0.25) is 0 Å². The molecule has 1 heterocycles. The number of benzene rings is 1. The molecular weight excluding hydrogens is 222 g/mol. The maximum absolute atomic E-state index is 5.93. The molecule has 1 aromatic heterocycles. The van der Waals surface area contributed by atoms with Crippen LogP contribution in [0.25, 0.3) is 5.69 Å². The van der Waals surface area contributed by atoms with E-state index < -0.39 is 0 Å². The van der Waals surface area contributed by atoms with E-state index in [1.165, 1.54) is 18.4 Å². The summed E-state index contributed by atoms with van der Waals surface area (Å²) in [7, 11) is 0. The standard InChI is InChI=1S/C15H21N3/c1-3-4-5-13-6-8-14(9-7-13)18-11-17-10-15(18)12(2)16/h6-12H,3-5,16H2,1-2H3/t12-/m0/s1. The Hall–Kier alpha value is -1.61. The summed E-state index contributed by atoms with van der Waals surface area (Å²) in [6.45, 7) is 4.19. The van der Waals surface area contributed by atoms with Crippen LogP contribution < -0.4 is 5.73 Å². The van der Waals surface area contributed by atoms with Gasteiger partial charge in [0.05, 0.1) is 18.2 Å². The van der Waals surface area contributed by atoms with E-state index in [0.29, 0.717) is 0 Å². The summed E-state index contributed by atoms with van der Waals surface area (Å²) in [5.41, 5.74) is 9.49. The Morgan fingerprint density at radius 1 is 1.28 bits per heavy atom. The minimum Gasteiger partial charge on any atom is -0.323 e. The van der Waals surface area contributed by atoms with Gasteiger partial charge in [0.1, 0.15) is 0 Å². The molecule has 2 rings (SSSR count). The Kier molecular flexibility index (Phi) is 4.15. The van der Waals surface area contributed by atoms with E-state index in [0.717, 1.165) is 17.8 Å². The number of aromatic nitrogens is 2. The highest BCUT2D eigenvalue weighted by Crippen LogP contribution is 2.17. The highest BCUT2D eigenvalue weighted by molar-refractivity contribution is 5.36. The highest BCUT2D eigenvalue weighted by Gasteiger charge is 2.07. The van der Waals surface area contributed by atoms with E-state index in [1.54, 1.807) is 0 Å². The van der Waals surface area contributed by atoms with Crippen LogP contribution in [0.5, 0.6) is 0 Å². The Bertz CT molecular complexity index is 483. The third kappa shape index (κ3) is 2.79. The zero-order valence-corrected chi connectivity index (χ0v) is 11.1. The van der Waals surface area contributed by atoms with E-state index >= 15 is 0 Å². The van der Waals surface area contributed by atoms with Crippen molar-refractivity contribution in [1.82, 2.24) is 9.55 Å². The molecule has 2 aromatic rings. The quantitative estimate of drug-likeness (QED) is 0.876. The third-order valence-electron chi connectivity index (χ3n) is 3.17. The van der Waals surface area contributed by atoms with Crippen LogP contribution in [0.4, 0.5) is 0 Å². The van der Waals surface area contributed by atoms with Crippen LogP contribution in [0.15, 0.2) is 36.8 Å². The van der Waals surface area contributed by atoms with Crippen molar-refractivity contribution in [1.29, 1.82) is 0 Å². The first-order valence-corrected chi connectivity index (χ1v) is 6.59. The predicted octanol–water partition coefficient (Wildman–Crippen LogP) is 3.23. The molecule has 0 aliphatic carbocycles. The van der Waals surface area contributed by atoms with E-state index in [1.807, 2.05) is 24.0 Å². The Labute approximate surface area is 109 Å². The number of imidazole rings is 1. The Balaban J connectivity index is 2.21. The van der Waals surface area contributed by atoms with Crippen LogP contribution >= 0.6 is 0 Å². The summed E-state index contributed by atoms with van der Waals surface area (Å²) in [6.07, 6.45) is 7.28. The van der Waals surface area contributed by atoms with Crippen molar-refractivity contribution in [2.24, 2.45) is 5.73 Å². The second-order valence-electron chi connectivity index (χ2n) is 4.75. The molecule has 0 unspecified atom stereocenters. The zero-order chi connectivity index (χ0) is 13.0. The molecule has 1 aromatic carbocycles. The van der Waals surface area contributed by atoms with Crippen molar-refractivity contribution in [2.75, 3.05) is 0 Å². The van der Waals surface area contributed by atoms with Gasteiger partial charge in [0.15, 0.2) is 0 Å². The molecule has 0 spiro atoms. The molecule has 0 saturated carbocycles. The normalized spacial score (nSPS) is 12.6. The molecule has 0 bridgehead atoms. The molecule has 0 amide bonds. The molecule has 2 N–H and O–H groups in total. The molecule has 0 saturated heterocycles. The lowest BCUT2D eigenvalue weighted by atomic mass is 10.1. The molecular formula is C15H21N3. The fraction of sp³-hybridized carbons (Fsp3) is 0.400. The SMILES string of the molecule is CCCCc1ccc(-n2cncc2[C@H](C)N)cc1. The van der Waals surface area contributed by atoms with Gasteiger partial charge < -0.3 is 10.3 Å². The number of nitrogens with two attached hydrogens (primary N) is 1. The summed E-state index contributed by atoms with van der Waals surface area (Å²) < 4.78 is 2.05. The monoisotopic (exact) mass is 243 g/mol. The number of rotatable bonds is 5. The van der Waals surface area contributed by atoms with Crippen molar-refractivity contribution >= 4 is 0 Å². The lowest BCUT2D eigenvalue weighted by molar-refractivity contribution is 0.752. The van der Waals surface area contributed by atoms with Crippen LogP contribution in [-0.4, -0.2) is 9.55 Å². The van der Waals surface area contributed by atoms with E-state index in [9.17, 15) is 0 Å².